The van der Waals surface area contributed by atoms with E-state index in [0.29, 0.717) is 0 Å². The maximum Gasteiger partial charge on any atom is 0.408 e. The molecular formula is C24H31N3O7. The van der Waals surface area contributed by atoms with Crippen molar-refractivity contribution in [2.24, 2.45) is 0 Å². The molecule has 0 aliphatic rings. The molecule has 0 aliphatic heterocycles. The predicted octanol–water partition coefficient (Wildman–Crippen LogP) is 1.96. The minimum absolute atomic E-state index is 0.153. The van der Waals surface area contributed by atoms with Crippen molar-refractivity contribution in [1.82, 2.24) is 16.0 Å². The fourth-order valence-electron chi connectivity index (χ4n) is 3.21. The minimum atomic E-state index is -1.45. The van der Waals surface area contributed by atoms with E-state index in [0.717, 1.165) is 16.3 Å². The van der Waals surface area contributed by atoms with E-state index in [2.05, 4.69) is 16.0 Å². The molecule has 0 unspecified atom stereocenters. The van der Waals surface area contributed by atoms with Gasteiger partial charge in [0.25, 0.3) is 0 Å². The van der Waals surface area contributed by atoms with Crippen LogP contribution in [-0.4, -0.2) is 60.4 Å². The van der Waals surface area contributed by atoms with Crippen LogP contribution in [0, 0.1) is 0 Å². The van der Waals surface area contributed by atoms with Gasteiger partial charge in [0.2, 0.25) is 11.8 Å². The van der Waals surface area contributed by atoms with Crippen LogP contribution in [0.5, 0.6) is 0 Å². The molecule has 3 amide bonds. The number of carbonyl (C=O) groups is 4. The number of methoxy groups -OCH3 is 1. The number of hydrogen-bond donors (Lipinski definition) is 4. The lowest BCUT2D eigenvalue weighted by atomic mass is 10.0. The van der Waals surface area contributed by atoms with E-state index in [-0.39, 0.29) is 13.2 Å². The van der Waals surface area contributed by atoms with Crippen molar-refractivity contribution in [3.63, 3.8) is 0 Å². The quantitative estimate of drug-likeness (QED) is 0.413. The number of rotatable bonds is 10. The van der Waals surface area contributed by atoms with E-state index in [9.17, 15) is 19.2 Å². The summed E-state index contributed by atoms with van der Waals surface area (Å²) in [7, 11) is 1.37. The number of alkyl carbamates (subject to hydrolysis) is 1. The van der Waals surface area contributed by atoms with Crippen LogP contribution in [-0.2, 0) is 30.4 Å². The van der Waals surface area contributed by atoms with Crippen molar-refractivity contribution in [3.05, 3.63) is 48.0 Å². The molecule has 0 bridgehead atoms. The van der Waals surface area contributed by atoms with Crippen LogP contribution in [0.15, 0.2) is 42.5 Å². The van der Waals surface area contributed by atoms with Crippen LogP contribution >= 0.6 is 0 Å². The predicted molar refractivity (Wildman–Crippen MR) is 125 cm³/mol. The number of carboxylic acid groups (broad SMARTS) is 1. The van der Waals surface area contributed by atoms with E-state index in [4.69, 9.17) is 14.6 Å². The number of ether oxygens (including phenoxy) is 2. The first-order valence-electron chi connectivity index (χ1n) is 10.7. The van der Waals surface area contributed by atoms with Crippen molar-refractivity contribution in [2.75, 3.05) is 13.7 Å². The lowest BCUT2D eigenvalue weighted by Crippen LogP contribution is -2.56. The summed E-state index contributed by atoms with van der Waals surface area (Å²) in [4.78, 5) is 48.8. The molecule has 4 N–H and O–H groups in total. The van der Waals surface area contributed by atoms with Crippen LogP contribution in [0.2, 0.25) is 0 Å². The van der Waals surface area contributed by atoms with Gasteiger partial charge < -0.3 is 30.5 Å². The van der Waals surface area contributed by atoms with Gasteiger partial charge in [0.05, 0.1) is 13.0 Å². The third-order valence-electron chi connectivity index (χ3n) is 4.69. The SMILES string of the molecule is COC[C@H](NC(=O)[C@H](CC(=O)O)NC(=O)OC(C)(C)C)C(=O)NCc1cccc2ccccc12. The van der Waals surface area contributed by atoms with Gasteiger partial charge in [0.15, 0.2) is 0 Å². The van der Waals surface area contributed by atoms with E-state index in [1.807, 2.05) is 42.5 Å². The Morgan fingerprint density at radius 2 is 1.62 bits per heavy atom. The van der Waals surface area contributed by atoms with Crippen molar-refractivity contribution in [2.45, 2.75) is 51.4 Å². The van der Waals surface area contributed by atoms with Crippen LogP contribution in [0.4, 0.5) is 4.79 Å². The van der Waals surface area contributed by atoms with Gasteiger partial charge in [-0.05, 0) is 37.1 Å². The minimum Gasteiger partial charge on any atom is -0.481 e. The molecule has 0 saturated carbocycles. The number of hydrogen-bond acceptors (Lipinski definition) is 6. The molecule has 2 aromatic carbocycles. The number of benzene rings is 2. The van der Waals surface area contributed by atoms with Gasteiger partial charge in [-0.15, -0.1) is 0 Å². The van der Waals surface area contributed by atoms with Crippen molar-refractivity contribution >= 4 is 34.6 Å². The second-order valence-corrected chi connectivity index (χ2v) is 8.67. The van der Waals surface area contributed by atoms with Crippen LogP contribution in [0.25, 0.3) is 10.8 Å². The van der Waals surface area contributed by atoms with Crippen molar-refractivity contribution in [3.8, 4) is 0 Å². The molecule has 2 aromatic rings. The summed E-state index contributed by atoms with van der Waals surface area (Å²) in [6, 6.07) is 10.9. The van der Waals surface area contributed by atoms with Gasteiger partial charge in [-0.2, -0.15) is 0 Å². The summed E-state index contributed by atoms with van der Waals surface area (Å²) < 4.78 is 10.1. The Kier molecular flexibility index (Phi) is 9.37. The van der Waals surface area contributed by atoms with Crippen LogP contribution in [0.1, 0.15) is 32.8 Å². The summed E-state index contributed by atoms with van der Waals surface area (Å²) in [5.41, 5.74) is 0.0540. The molecule has 0 spiro atoms. The molecular weight excluding hydrogens is 442 g/mol. The van der Waals surface area contributed by atoms with Gasteiger partial charge in [-0.3, -0.25) is 14.4 Å². The molecule has 10 nitrogen and oxygen atoms in total. The molecule has 0 saturated heterocycles. The highest BCUT2D eigenvalue weighted by Crippen LogP contribution is 2.18. The standard InChI is InChI=1S/C24H31N3O7/c1-24(2,3)34-23(32)27-18(12-20(28)29)22(31)26-19(14-33-4)21(30)25-13-16-10-7-9-15-8-5-6-11-17(15)16/h5-11,18-19H,12-14H2,1-4H3,(H,25,30)(H,26,31)(H,27,32)(H,28,29)/t18-,19-/m0/s1. The smallest absolute Gasteiger partial charge is 0.408 e. The fourth-order valence-corrected chi connectivity index (χ4v) is 3.21. The summed E-state index contributed by atoms with van der Waals surface area (Å²) >= 11 is 0. The monoisotopic (exact) mass is 473 g/mol. The van der Waals surface area contributed by atoms with Crippen LogP contribution in [0.3, 0.4) is 0 Å². The molecule has 0 aliphatic carbocycles. The van der Waals surface area contributed by atoms with Crippen molar-refractivity contribution < 1.29 is 33.8 Å². The molecule has 2 atom stereocenters. The third-order valence-corrected chi connectivity index (χ3v) is 4.69. The topological polar surface area (TPSA) is 143 Å². The second-order valence-electron chi connectivity index (χ2n) is 8.67. The van der Waals surface area contributed by atoms with E-state index < -0.39 is 48.0 Å². The van der Waals surface area contributed by atoms with E-state index >= 15 is 0 Å². The number of carbonyl (C=O) groups excluding carboxylic acids is 3. The molecule has 184 valence electrons. The normalized spacial score (nSPS) is 12.9. The zero-order valence-electron chi connectivity index (χ0n) is 19.7. The summed E-state index contributed by atoms with van der Waals surface area (Å²) in [6.45, 7) is 4.96. The highest BCUT2D eigenvalue weighted by atomic mass is 16.6. The number of nitrogens with one attached hydrogen (secondary N) is 3. The molecule has 34 heavy (non-hydrogen) atoms. The number of fused-ring (bicyclic) bond motifs is 1. The summed E-state index contributed by atoms with van der Waals surface area (Å²) in [5.74, 6) is -2.68. The highest BCUT2D eigenvalue weighted by Gasteiger charge is 2.30. The Bertz CT molecular complexity index is 1030. The van der Waals surface area contributed by atoms with Crippen molar-refractivity contribution in [1.29, 1.82) is 0 Å². The Balaban J connectivity index is 2.07. The Morgan fingerprint density at radius 1 is 0.941 bits per heavy atom. The van der Waals surface area contributed by atoms with Gasteiger partial charge in [-0.25, -0.2) is 4.79 Å². The Labute approximate surface area is 198 Å². The molecule has 0 radical (unpaired) electrons. The maximum absolute atomic E-state index is 12.8. The average molecular weight is 474 g/mol. The molecule has 0 fully saturated rings. The fraction of sp³-hybridized carbons (Fsp3) is 0.417. The van der Waals surface area contributed by atoms with Crippen LogP contribution < -0.4 is 16.0 Å². The second kappa shape index (κ2) is 12.0. The van der Waals surface area contributed by atoms with Gasteiger partial charge in [0.1, 0.15) is 17.7 Å². The van der Waals surface area contributed by atoms with E-state index in [1.54, 1.807) is 20.8 Å². The lowest BCUT2D eigenvalue weighted by molar-refractivity contribution is -0.140. The van der Waals surface area contributed by atoms with Gasteiger partial charge >= 0.3 is 12.1 Å². The zero-order valence-corrected chi connectivity index (χ0v) is 19.7. The number of amides is 3. The van der Waals surface area contributed by atoms with E-state index in [1.165, 1.54) is 7.11 Å². The highest BCUT2D eigenvalue weighted by molar-refractivity contribution is 5.93. The van der Waals surface area contributed by atoms with Gasteiger partial charge in [0, 0.05) is 13.7 Å². The third kappa shape index (κ3) is 8.36. The summed E-state index contributed by atoms with van der Waals surface area (Å²) in [5, 5.41) is 18.6. The lowest BCUT2D eigenvalue weighted by Gasteiger charge is -2.24. The molecule has 2 rings (SSSR count). The summed E-state index contributed by atoms with van der Waals surface area (Å²) in [6.07, 6.45) is -1.64. The maximum atomic E-state index is 12.8. The number of carboxylic acids is 1. The zero-order chi connectivity index (χ0) is 25.3. The Morgan fingerprint density at radius 3 is 2.26 bits per heavy atom. The largest absolute Gasteiger partial charge is 0.481 e. The number of aliphatic carboxylic acids is 1. The molecule has 0 aromatic heterocycles. The molecule has 0 heterocycles. The van der Waals surface area contributed by atoms with Gasteiger partial charge in [-0.1, -0.05) is 42.5 Å². The molecule has 10 heteroatoms. The average Bonchev–Trinajstić information content (AvgIpc) is 2.75. The first kappa shape index (κ1) is 26.6. The Hall–Kier alpha value is -3.66. The first-order valence-corrected chi connectivity index (χ1v) is 10.7. The first-order chi connectivity index (χ1) is 16.0.